The van der Waals surface area contributed by atoms with Crippen molar-refractivity contribution in [3.63, 3.8) is 0 Å². The maximum absolute atomic E-state index is 13.4. The highest BCUT2D eigenvalue weighted by molar-refractivity contribution is 9.10. The predicted molar refractivity (Wildman–Crippen MR) is 79.3 cm³/mol. The summed E-state index contributed by atoms with van der Waals surface area (Å²) >= 11 is 3.00. The topological polar surface area (TPSA) is 78.8 Å². The van der Waals surface area contributed by atoms with E-state index in [-0.39, 0.29) is 16.6 Å². The number of hydrogen-bond donors (Lipinski definition) is 3. The molecule has 0 bridgehead atoms. The molecule has 1 amide bonds. The van der Waals surface area contributed by atoms with Crippen molar-refractivity contribution in [1.82, 2.24) is 5.32 Å². The van der Waals surface area contributed by atoms with Crippen LogP contribution in [0.2, 0.25) is 0 Å². The molecular weight excluding hydrogens is 345 g/mol. The van der Waals surface area contributed by atoms with Crippen molar-refractivity contribution in [3.8, 4) is 0 Å². The van der Waals surface area contributed by atoms with Crippen molar-refractivity contribution in [1.29, 1.82) is 0 Å². The third kappa shape index (κ3) is 5.99. The SMILES string of the molecule is CC(C)(C)OC(=O)NCC(O)C(O)c1ccc(Br)c(F)c1. The van der Waals surface area contributed by atoms with E-state index in [1.807, 2.05) is 0 Å². The van der Waals surface area contributed by atoms with Gasteiger partial charge in [-0.1, -0.05) is 6.07 Å². The van der Waals surface area contributed by atoms with E-state index in [1.54, 1.807) is 20.8 Å². The van der Waals surface area contributed by atoms with Crippen molar-refractivity contribution in [2.45, 2.75) is 38.6 Å². The Morgan fingerprint density at radius 1 is 1.43 bits per heavy atom. The van der Waals surface area contributed by atoms with Gasteiger partial charge in [-0.05, 0) is 54.4 Å². The molecule has 1 rings (SSSR count). The molecule has 0 fully saturated rings. The molecule has 2 atom stereocenters. The molecule has 0 aromatic heterocycles. The van der Waals surface area contributed by atoms with Crippen LogP contribution in [0.25, 0.3) is 0 Å². The number of aliphatic hydroxyl groups excluding tert-OH is 2. The first kappa shape index (κ1) is 17.9. The second-order valence-electron chi connectivity index (χ2n) is 5.57. The summed E-state index contributed by atoms with van der Waals surface area (Å²) in [6.45, 7) is 4.92. The number of benzene rings is 1. The monoisotopic (exact) mass is 363 g/mol. The number of carbonyl (C=O) groups is 1. The van der Waals surface area contributed by atoms with Crippen molar-refractivity contribution in [3.05, 3.63) is 34.1 Å². The zero-order valence-electron chi connectivity index (χ0n) is 12.1. The van der Waals surface area contributed by atoms with E-state index < -0.39 is 29.7 Å². The Labute approximate surface area is 131 Å². The highest BCUT2D eigenvalue weighted by Crippen LogP contribution is 2.22. The predicted octanol–water partition coefficient (Wildman–Crippen LogP) is 2.51. The Bertz CT molecular complexity index is 504. The first-order valence-corrected chi connectivity index (χ1v) is 7.17. The summed E-state index contributed by atoms with van der Waals surface area (Å²) in [5.74, 6) is -0.543. The van der Waals surface area contributed by atoms with Gasteiger partial charge in [0.15, 0.2) is 0 Å². The normalized spacial score (nSPS) is 14.4. The van der Waals surface area contributed by atoms with Gasteiger partial charge in [-0.15, -0.1) is 0 Å². The van der Waals surface area contributed by atoms with Crippen molar-refractivity contribution in [2.75, 3.05) is 6.54 Å². The third-order valence-corrected chi connectivity index (χ3v) is 3.15. The van der Waals surface area contributed by atoms with Crippen LogP contribution >= 0.6 is 15.9 Å². The number of carbonyl (C=O) groups excluding carboxylic acids is 1. The molecule has 2 unspecified atom stereocenters. The fraction of sp³-hybridized carbons (Fsp3) is 0.500. The van der Waals surface area contributed by atoms with Gasteiger partial charge >= 0.3 is 6.09 Å². The van der Waals surface area contributed by atoms with E-state index in [0.29, 0.717) is 0 Å². The number of rotatable bonds is 4. The minimum atomic E-state index is -1.32. The van der Waals surface area contributed by atoms with Crippen LogP contribution in [0.3, 0.4) is 0 Å². The molecular formula is C14H19BrFNO4. The number of halogens is 2. The van der Waals surface area contributed by atoms with Crippen LogP contribution in [0.1, 0.15) is 32.4 Å². The lowest BCUT2D eigenvalue weighted by Gasteiger charge is -2.22. The number of aliphatic hydroxyl groups is 2. The summed E-state index contributed by atoms with van der Waals surface area (Å²) in [6, 6.07) is 4.03. The van der Waals surface area contributed by atoms with E-state index in [0.717, 1.165) is 6.07 Å². The van der Waals surface area contributed by atoms with E-state index in [1.165, 1.54) is 12.1 Å². The molecule has 3 N–H and O–H groups in total. The van der Waals surface area contributed by atoms with Crippen LogP contribution in [0.5, 0.6) is 0 Å². The first-order chi connectivity index (χ1) is 9.60. The number of hydrogen-bond acceptors (Lipinski definition) is 4. The van der Waals surface area contributed by atoms with E-state index in [9.17, 15) is 19.4 Å². The standard InChI is InChI=1S/C14H19BrFNO4/c1-14(2,3)21-13(20)17-7-11(18)12(19)8-4-5-9(15)10(16)6-8/h4-6,11-12,18-19H,7H2,1-3H3,(H,17,20). The van der Waals surface area contributed by atoms with Crippen molar-refractivity contribution < 1.29 is 24.1 Å². The van der Waals surface area contributed by atoms with Gasteiger partial charge in [0.2, 0.25) is 0 Å². The summed E-state index contributed by atoms with van der Waals surface area (Å²) in [6.07, 6.45) is -3.30. The number of ether oxygens (including phenoxy) is 1. The van der Waals surface area contributed by atoms with Crippen LogP contribution in [0.15, 0.2) is 22.7 Å². The van der Waals surface area contributed by atoms with Gasteiger partial charge in [0.1, 0.15) is 23.6 Å². The molecule has 1 aromatic carbocycles. The van der Waals surface area contributed by atoms with Gasteiger partial charge in [-0.2, -0.15) is 0 Å². The smallest absolute Gasteiger partial charge is 0.407 e. The molecule has 0 aliphatic heterocycles. The molecule has 21 heavy (non-hydrogen) atoms. The van der Waals surface area contributed by atoms with Gasteiger partial charge in [0.05, 0.1) is 4.47 Å². The molecule has 0 saturated heterocycles. The summed E-state index contributed by atoms with van der Waals surface area (Å²) < 4.78 is 18.6. The summed E-state index contributed by atoms with van der Waals surface area (Å²) in [4.78, 5) is 11.4. The maximum atomic E-state index is 13.4. The van der Waals surface area contributed by atoms with Crippen LogP contribution < -0.4 is 5.32 Å². The lowest BCUT2D eigenvalue weighted by molar-refractivity contribution is 0.0128. The molecule has 118 valence electrons. The third-order valence-electron chi connectivity index (χ3n) is 2.50. The maximum Gasteiger partial charge on any atom is 0.407 e. The number of nitrogens with one attached hydrogen (secondary N) is 1. The van der Waals surface area contributed by atoms with Crippen LogP contribution in [-0.4, -0.2) is 34.6 Å². The molecule has 5 nitrogen and oxygen atoms in total. The van der Waals surface area contributed by atoms with Gasteiger partial charge in [0, 0.05) is 6.54 Å². The minimum absolute atomic E-state index is 0.215. The van der Waals surface area contributed by atoms with Gasteiger partial charge in [0.25, 0.3) is 0 Å². The highest BCUT2D eigenvalue weighted by atomic mass is 79.9. The van der Waals surface area contributed by atoms with Crippen molar-refractivity contribution in [2.24, 2.45) is 0 Å². The zero-order valence-corrected chi connectivity index (χ0v) is 13.6. The average molecular weight is 364 g/mol. The Kier molecular flexibility index (Phi) is 6.12. The lowest BCUT2D eigenvalue weighted by atomic mass is 10.0. The quantitative estimate of drug-likeness (QED) is 0.767. The molecule has 0 heterocycles. The highest BCUT2D eigenvalue weighted by Gasteiger charge is 2.22. The molecule has 0 saturated carbocycles. The average Bonchev–Trinajstić information content (AvgIpc) is 2.36. The fourth-order valence-corrected chi connectivity index (χ4v) is 1.78. The largest absolute Gasteiger partial charge is 0.444 e. The lowest BCUT2D eigenvalue weighted by Crippen LogP contribution is -2.38. The number of alkyl carbamates (subject to hydrolysis) is 1. The molecule has 0 spiro atoms. The second-order valence-corrected chi connectivity index (χ2v) is 6.42. The van der Waals surface area contributed by atoms with Crippen molar-refractivity contribution >= 4 is 22.0 Å². The summed E-state index contributed by atoms with van der Waals surface area (Å²) in [5.41, 5.74) is -0.433. The van der Waals surface area contributed by atoms with Gasteiger partial charge < -0.3 is 20.3 Å². The van der Waals surface area contributed by atoms with E-state index in [4.69, 9.17) is 4.74 Å². The number of amides is 1. The Morgan fingerprint density at radius 3 is 2.57 bits per heavy atom. The molecule has 0 aliphatic carbocycles. The van der Waals surface area contributed by atoms with Crippen LogP contribution in [0, 0.1) is 5.82 Å². The zero-order chi connectivity index (χ0) is 16.2. The van der Waals surface area contributed by atoms with Gasteiger partial charge in [-0.3, -0.25) is 0 Å². The molecule has 7 heteroatoms. The van der Waals surface area contributed by atoms with E-state index >= 15 is 0 Å². The minimum Gasteiger partial charge on any atom is -0.444 e. The summed E-state index contributed by atoms with van der Waals surface area (Å²) in [5, 5.41) is 22.1. The van der Waals surface area contributed by atoms with Crippen LogP contribution in [-0.2, 0) is 4.74 Å². The summed E-state index contributed by atoms with van der Waals surface area (Å²) in [7, 11) is 0. The van der Waals surface area contributed by atoms with Crippen LogP contribution in [0.4, 0.5) is 9.18 Å². The molecule has 0 aliphatic rings. The second kappa shape index (κ2) is 7.20. The first-order valence-electron chi connectivity index (χ1n) is 6.38. The molecule has 1 aromatic rings. The fourth-order valence-electron chi connectivity index (χ4n) is 1.53. The molecule has 0 radical (unpaired) electrons. The van der Waals surface area contributed by atoms with E-state index in [2.05, 4.69) is 21.2 Å². The Hall–Kier alpha value is -1.18. The Balaban J connectivity index is 2.56. The Morgan fingerprint density at radius 2 is 2.05 bits per heavy atom. The van der Waals surface area contributed by atoms with Gasteiger partial charge in [-0.25, -0.2) is 9.18 Å².